The number of nitrogens with one attached hydrogen (secondary N) is 1. The van der Waals surface area contributed by atoms with Gasteiger partial charge in [0.1, 0.15) is 27.7 Å². The number of hydrogen-bond donors (Lipinski definition) is 1. The number of carbonyl (C=O) groups is 1. The molecule has 0 unspecified atom stereocenters. The number of halogens is 1. The molecular formula is C19H17FN4O2S. The third-order valence-corrected chi connectivity index (χ3v) is 5.36. The Morgan fingerprint density at radius 1 is 1.41 bits per heavy atom. The van der Waals surface area contributed by atoms with E-state index in [1.807, 2.05) is 6.92 Å². The Labute approximate surface area is 159 Å². The fourth-order valence-corrected chi connectivity index (χ4v) is 3.46. The van der Waals surface area contributed by atoms with Crippen molar-refractivity contribution in [2.24, 2.45) is 5.92 Å². The van der Waals surface area contributed by atoms with Gasteiger partial charge in [0.15, 0.2) is 0 Å². The molecular weight excluding hydrogens is 367 g/mol. The predicted molar refractivity (Wildman–Crippen MR) is 101 cm³/mol. The summed E-state index contributed by atoms with van der Waals surface area (Å²) in [6.07, 6.45) is 8.60. The van der Waals surface area contributed by atoms with Crippen molar-refractivity contribution in [3.05, 3.63) is 51.6 Å². The van der Waals surface area contributed by atoms with Gasteiger partial charge >= 0.3 is 0 Å². The molecule has 0 atom stereocenters. The van der Waals surface area contributed by atoms with E-state index < -0.39 is 5.82 Å². The highest BCUT2D eigenvalue weighted by Gasteiger charge is 2.23. The first-order chi connectivity index (χ1) is 13.1. The van der Waals surface area contributed by atoms with Crippen LogP contribution in [0, 0.1) is 18.7 Å². The lowest BCUT2D eigenvalue weighted by Crippen LogP contribution is -2.25. The van der Waals surface area contributed by atoms with Crippen molar-refractivity contribution in [3.8, 4) is 11.4 Å². The van der Waals surface area contributed by atoms with E-state index in [4.69, 9.17) is 4.52 Å². The van der Waals surface area contributed by atoms with E-state index in [1.54, 1.807) is 18.2 Å². The molecule has 0 aromatic carbocycles. The van der Waals surface area contributed by atoms with Gasteiger partial charge in [-0.25, -0.2) is 9.37 Å². The number of carbonyl (C=O) groups excluding carboxylic acids is 1. The van der Waals surface area contributed by atoms with Gasteiger partial charge in [-0.1, -0.05) is 5.16 Å². The van der Waals surface area contributed by atoms with Crippen LogP contribution in [0.15, 0.2) is 29.1 Å². The van der Waals surface area contributed by atoms with Crippen LogP contribution < -0.4 is 5.32 Å². The van der Waals surface area contributed by atoms with Gasteiger partial charge < -0.3 is 9.84 Å². The van der Waals surface area contributed by atoms with E-state index in [0.717, 1.165) is 12.7 Å². The average molecular weight is 384 g/mol. The second kappa shape index (κ2) is 7.40. The van der Waals surface area contributed by atoms with E-state index >= 15 is 0 Å². The Kier molecular flexibility index (Phi) is 4.81. The normalized spacial score (nSPS) is 14.0. The quantitative estimate of drug-likeness (QED) is 0.696. The molecule has 0 aliphatic heterocycles. The summed E-state index contributed by atoms with van der Waals surface area (Å²) in [6.45, 7) is 2.56. The van der Waals surface area contributed by atoms with Crippen LogP contribution >= 0.6 is 11.3 Å². The summed E-state index contributed by atoms with van der Waals surface area (Å²) in [7, 11) is 0. The molecule has 1 amide bonds. The number of pyridine rings is 1. The van der Waals surface area contributed by atoms with Crippen molar-refractivity contribution in [3.63, 3.8) is 0 Å². The molecule has 0 spiro atoms. The number of hydrogen-bond acceptors (Lipinski definition) is 6. The highest BCUT2D eigenvalue weighted by Crippen LogP contribution is 2.28. The molecule has 3 heterocycles. The third kappa shape index (κ3) is 4.11. The Morgan fingerprint density at radius 2 is 2.26 bits per heavy atom. The summed E-state index contributed by atoms with van der Waals surface area (Å²) in [5.41, 5.74) is 2.43. The Bertz CT molecular complexity index is 990. The maximum Gasteiger partial charge on any atom is 0.263 e. The molecule has 1 saturated carbocycles. The number of amides is 1. The molecule has 8 heteroatoms. The van der Waals surface area contributed by atoms with Crippen molar-refractivity contribution in [2.75, 3.05) is 6.54 Å². The Morgan fingerprint density at radius 3 is 3.00 bits per heavy atom. The fraction of sp³-hybridized carbons (Fsp3) is 0.263. The first kappa shape index (κ1) is 17.5. The molecule has 4 rings (SSSR count). The first-order valence-electron chi connectivity index (χ1n) is 8.60. The lowest BCUT2D eigenvalue weighted by atomic mass is 10.1. The molecule has 1 fully saturated rings. The summed E-state index contributed by atoms with van der Waals surface area (Å²) in [4.78, 5) is 21.4. The van der Waals surface area contributed by atoms with Crippen LogP contribution in [0.5, 0.6) is 0 Å². The van der Waals surface area contributed by atoms with Gasteiger partial charge in [0.25, 0.3) is 5.91 Å². The molecule has 0 saturated heterocycles. The topological polar surface area (TPSA) is 80.9 Å². The molecule has 3 aromatic heterocycles. The van der Waals surface area contributed by atoms with Crippen molar-refractivity contribution < 1.29 is 13.7 Å². The number of aryl methyl sites for hydroxylation is 1. The maximum absolute atomic E-state index is 13.0. The zero-order valence-electron chi connectivity index (χ0n) is 14.6. The van der Waals surface area contributed by atoms with Crippen molar-refractivity contribution in [2.45, 2.75) is 19.8 Å². The van der Waals surface area contributed by atoms with Gasteiger partial charge in [0, 0.05) is 12.1 Å². The van der Waals surface area contributed by atoms with Crippen molar-refractivity contribution >= 4 is 29.4 Å². The summed E-state index contributed by atoms with van der Waals surface area (Å²) < 4.78 is 18.1. The van der Waals surface area contributed by atoms with Gasteiger partial charge in [0.2, 0.25) is 0 Å². The molecule has 3 aromatic rings. The van der Waals surface area contributed by atoms with Gasteiger partial charge in [-0.2, -0.15) is 0 Å². The van der Waals surface area contributed by atoms with Crippen LogP contribution in [0.1, 0.15) is 38.8 Å². The number of thiazole rings is 1. The van der Waals surface area contributed by atoms with Gasteiger partial charge in [0.05, 0.1) is 17.6 Å². The first-order valence-corrected chi connectivity index (χ1v) is 9.42. The zero-order chi connectivity index (χ0) is 18.8. The monoisotopic (exact) mass is 384 g/mol. The minimum atomic E-state index is -0.412. The van der Waals surface area contributed by atoms with Crippen LogP contribution in [0.3, 0.4) is 0 Å². The van der Waals surface area contributed by atoms with E-state index in [-0.39, 0.29) is 5.91 Å². The summed E-state index contributed by atoms with van der Waals surface area (Å²) in [5.74, 6) is 0.149. The molecule has 1 N–H and O–H groups in total. The summed E-state index contributed by atoms with van der Waals surface area (Å²) >= 11 is 1.34. The van der Waals surface area contributed by atoms with Gasteiger partial charge in [-0.05, 0) is 50.0 Å². The van der Waals surface area contributed by atoms with Gasteiger partial charge in [-0.3, -0.25) is 9.78 Å². The minimum Gasteiger partial charge on any atom is -0.363 e. The number of rotatable bonds is 6. The minimum absolute atomic E-state index is 0.0715. The molecule has 1 aliphatic carbocycles. The molecule has 6 nitrogen and oxygen atoms in total. The molecule has 0 radical (unpaired) electrons. The van der Waals surface area contributed by atoms with E-state index in [0.29, 0.717) is 38.4 Å². The molecule has 0 bridgehead atoms. The Balaban J connectivity index is 1.50. The van der Waals surface area contributed by atoms with Crippen LogP contribution in [0.2, 0.25) is 0 Å². The molecule has 138 valence electrons. The van der Waals surface area contributed by atoms with E-state index in [9.17, 15) is 9.18 Å². The van der Waals surface area contributed by atoms with E-state index in [2.05, 4.69) is 20.4 Å². The number of nitrogens with zero attached hydrogens (tertiary/aromatic N) is 3. The molecule has 1 aliphatic rings. The lowest BCUT2D eigenvalue weighted by molar-refractivity contribution is 0.0955. The maximum atomic E-state index is 13.0. The molecule has 27 heavy (non-hydrogen) atoms. The zero-order valence-corrected chi connectivity index (χ0v) is 15.4. The number of aromatic nitrogens is 3. The second-order valence-corrected chi connectivity index (χ2v) is 7.46. The smallest absolute Gasteiger partial charge is 0.263 e. The van der Waals surface area contributed by atoms with Crippen molar-refractivity contribution in [1.29, 1.82) is 0 Å². The van der Waals surface area contributed by atoms with Gasteiger partial charge in [-0.15, -0.1) is 11.3 Å². The van der Waals surface area contributed by atoms with Crippen LogP contribution in [-0.2, 0) is 0 Å². The highest BCUT2D eigenvalue weighted by molar-refractivity contribution is 7.14. The van der Waals surface area contributed by atoms with Crippen LogP contribution in [-0.4, -0.2) is 27.6 Å². The SMILES string of the molecule is Cc1nc(/C=C/c2conc2-c2ccc(F)cn2)sc1C(=O)NCC1CC1. The third-order valence-electron chi connectivity index (χ3n) is 4.24. The highest BCUT2D eigenvalue weighted by atomic mass is 32.1. The standard InChI is InChI=1S/C19H17FN4O2S/c1-11-18(19(25)22-8-12-2-3-12)27-16(23-11)7-4-13-10-26-24-17(13)15-6-5-14(20)9-21-15/h4-7,9-10,12H,2-3,8H2,1H3,(H,22,25)/b7-4+. The Hall–Kier alpha value is -2.87. The largest absolute Gasteiger partial charge is 0.363 e. The summed E-state index contributed by atoms with van der Waals surface area (Å²) in [5, 5.41) is 7.61. The second-order valence-electron chi connectivity index (χ2n) is 6.43. The summed E-state index contributed by atoms with van der Waals surface area (Å²) in [6, 6.07) is 2.86. The van der Waals surface area contributed by atoms with Crippen LogP contribution in [0.4, 0.5) is 4.39 Å². The van der Waals surface area contributed by atoms with Crippen LogP contribution in [0.25, 0.3) is 23.5 Å². The predicted octanol–water partition coefficient (Wildman–Crippen LogP) is 3.95. The van der Waals surface area contributed by atoms with E-state index in [1.165, 1.54) is 36.5 Å². The lowest BCUT2D eigenvalue weighted by Gasteiger charge is -2.01. The van der Waals surface area contributed by atoms with Crippen molar-refractivity contribution in [1.82, 2.24) is 20.4 Å². The fourth-order valence-electron chi connectivity index (χ4n) is 2.57. The average Bonchev–Trinajstić information content (AvgIpc) is 3.25.